The Labute approximate surface area is 213 Å². The summed E-state index contributed by atoms with van der Waals surface area (Å²) in [6.45, 7) is 8.03. The molecule has 1 aliphatic carbocycles. The highest BCUT2D eigenvalue weighted by molar-refractivity contribution is 6.18. The Bertz CT molecular complexity index is 1110. The number of imide groups is 1. The van der Waals surface area contributed by atoms with E-state index in [-0.39, 0.29) is 30.2 Å². The number of para-hydroxylation sites is 1. The lowest BCUT2D eigenvalue weighted by Crippen LogP contribution is -2.51. The molecule has 2 aromatic carbocycles. The molecule has 1 saturated carbocycles. The van der Waals surface area contributed by atoms with Gasteiger partial charge in [-0.3, -0.25) is 19.4 Å². The van der Waals surface area contributed by atoms with E-state index < -0.39 is 11.6 Å². The van der Waals surface area contributed by atoms with Crippen molar-refractivity contribution in [2.24, 2.45) is 0 Å². The molecule has 1 heterocycles. The molecule has 2 aromatic rings. The number of urea groups is 1. The lowest BCUT2D eigenvalue weighted by molar-refractivity contribution is -0.134. The Morgan fingerprint density at radius 3 is 2.06 bits per heavy atom. The first-order valence-electron chi connectivity index (χ1n) is 12.9. The van der Waals surface area contributed by atoms with E-state index in [4.69, 9.17) is 4.74 Å². The zero-order valence-corrected chi connectivity index (χ0v) is 22.0. The van der Waals surface area contributed by atoms with Crippen molar-refractivity contribution in [1.29, 1.82) is 0 Å². The Hall–Kier alpha value is -3.35. The van der Waals surface area contributed by atoms with Gasteiger partial charge in [-0.2, -0.15) is 0 Å². The quantitative estimate of drug-likeness (QED) is 0.478. The second-order valence-electron chi connectivity index (χ2n) is 10.5. The minimum atomic E-state index is -0.941. The fourth-order valence-corrected chi connectivity index (χ4v) is 5.56. The number of methoxy groups -OCH3 is 1. The number of rotatable bonds is 7. The molecule has 0 atom stereocenters. The highest BCUT2D eigenvalue weighted by atomic mass is 16.5. The highest BCUT2D eigenvalue weighted by Gasteiger charge is 2.58. The van der Waals surface area contributed by atoms with Crippen LogP contribution in [-0.2, 0) is 9.59 Å². The van der Waals surface area contributed by atoms with Gasteiger partial charge in [-0.15, -0.1) is 0 Å². The van der Waals surface area contributed by atoms with Crippen molar-refractivity contribution < 1.29 is 19.1 Å². The average molecular weight is 492 g/mol. The third-order valence-corrected chi connectivity index (χ3v) is 7.44. The summed E-state index contributed by atoms with van der Waals surface area (Å²) in [6.07, 6.45) is 3.95. The van der Waals surface area contributed by atoms with Crippen molar-refractivity contribution in [3.63, 3.8) is 0 Å². The monoisotopic (exact) mass is 491 g/mol. The van der Waals surface area contributed by atoms with E-state index in [2.05, 4.69) is 33.0 Å². The summed E-state index contributed by atoms with van der Waals surface area (Å²) in [5.41, 5.74) is 2.56. The fraction of sp³-hybridized carbons (Fsp3) is 0.483. The summed E-state index contributed by atoms with van der Waals surface area (Å²) in [5.74, 6) is 0.458. The average Bonchev–Trinajstić information content (AvgIpc) is 3.05. The molecule has 0 bridgehead atoms. The summed E-state index contributed by atoms with van der Waals surface area (Å²) in [5, 5.41) is 3.05. The normalized spacial score (nSPS) is 17.4. The van der Waals surface area contributed by atoms with Gasteiger partial charge in [0.2, 0.25) is 5.91 Å². The van der Waals surface area contributed by atoms with Crippen LogP contribution in [0.4, 0.5) is 16.2 Å². The van der Waals surface area contributed by atoms with Crippen molar-refractivity contribution in [1.82, 2.24) is 4.90 Å². The number of carbonyl (C=O) groups is 3. The van der Waals surface area contributed by atoms with Crippen LogP contribution in [0.15, 0.2) is 42.5 Å². The highest BCUT2D eigenvalue weighted by Crippen LogP contribution is 2.43. The number of ether oxygens (including phenoxy) is 1. The molecule has 1 aliphatic heterocycles. The summed E-state index contributed by atoms with van der Waals surface area (Å²) < 4.78 is 5.27. The number of benzene rings is 2. The number of amides is 4. The Kier molecular flexibility index (Phi) is 7.38. The van der Waals surface area contributed by atoms with E-state index >= 15 is 0 Å². The topological polar surface area (TPSA) is 79.0 Å². The first-order chi connectivity index (χ1) is 17.2. The van der Waals surface area contributed by atoms with E-state index in [1.807, 2.05) is 18.2 Å². The molecule has 0 unspecified atom stereocenters. The molecule has 1 spiro atoms. The van der Waals surface area contributed by atoms with Crippen molar-refractivity contribution in [2.75, 3.05) is 23.9 Å². The summed E-state index contributed by atoms with van der Waals surface area (Å²) in [4.78, 5) is 43.6. The Morgan fingerprint density at radius 2 is 1.53 bits per heavy atom. The van der Waals surface area contributed by atoms with Crippen molar-refractivity contribution in [3.8, 4) is 5.75 Å². The predicted molar refractivity (Wildman–Crippen MR) is 142 cm³/mol. The molecule has 2 fully saturated rings. The molecule has 7 nitrogen and oxygen atoms in total. The lowest BCUT2D eigenvalue weighted by Gasteiger charge is -2.38. The zero-order valence-electron chi connectivity index (χ0n) is 22.0. The molecule has 36 heavy (non-hydrogen) atoms. The molecule has 1 N–H and O–H groups in total. The second kappa shape index (κ2) is 10.3. The molecular formula is C29H37N3O4. The minimum Gasteiger partial charge on any atom is -0.497 e. The predicted octanol–water partition coefficient (Wildman–Crippen LogP) is 6.05. The van der Waals surface area contributed by atoms with E-state index in [1.54, 1.807) is 36.3 Å². The van der Waals surface area contributed by atoms with Gasteiger partial charge >= 0.3 is 6.03 Å². The van der Waals surface area contributed by atoms with Crippen LogP contribution in [0.5, 0.6) is 5.75 Å². The SMILES string of the molecule is COc1ccc(N2C(=O)N(CC(=O)Nc3c(C(C)C)cccc3C(C)C)C(=O)C23CCCCC3)cc1. The number of nitrogens with one attached hydrogen (secondary N) is 1. The van der Waals surface area contributed by atoms with Crippen LogP contribution in [0.1, 0.15) is 82.8 Å². The van der Waals surface area contributed by atoms with Crippen LogP contribution in [0.25, 0.3) is 0 Å². The van der Waals surface area contributed by atoms with Crippen LogP contribution in [0.2, 0.25) is 0 Å². The molecule has 0 radical (unpaired) electrons. The van der Waals surface area contributed by atoms with E-state index in [1.165, 1.54) is 0 Å². The van der Waals surface area contributed by atoms with Crippen molar-refractivity contribution in [2.45, 2.75) is 77.2 Å². The molecule has 4 amide bonds. The van der Waals surface area contributed by atoms with Crippen LogP contribution >= 0.6 is 0 Å². The molecule has 7 heteroatoms. The fourth-order valence-electron chi connectivity index (χ4n) is 5.56. The van der Waals surface area contributed by atoms with Gasteiger partial charge in [0.05, 0.1) is 7.11 Å². The van der Waals surface area contributed by atoms with Crippen LogP contribution in [0, 0.1) is 0 Å². The molecular weight excluding hydrogens is 454 g/mol. The maximum atomic E-state index is 13.8. The maximum absolute atomic E-state index is 13.8. The van der Waals surface area contributed by atoms with Crippen molar-refractivity contribution in [3.05, 3.63) is 53.6 Å². The first kappa shape index (κ1) is 25.7. The van der Waals surface area contributed by atoms with Gasteiger partial charge in [-0.1, -0.05) is 65.2 Å². The van der Waals surface area contributed by atoms with Crippen LogP contribution in [0.3, 0.4) is 0 Å². The second-order valence-corrected chi connectivity index (χ2v) is 10.5. The summed E-state index contributed by atoms with van der Waals surface area (Å²) in [7, 11) is 1.59. The largest absolute Gasteiger partial charge is 0.497 e. The van der Waals surface area contributed by atoms with Gasteiger partial charge < -0.3 is 10.1 Å². The first-order valence-corrected chi connectivity index (χ1v) is 12.9. The number of carbonyl (C=O) groups excluding carboxylic acids is 3. The van der Waals surface area contributed by atoms with Crippen LogP contribution in [-0.4, -0.2) is 41.9 Å². The lowest BCUT2D eigenvalue weighted by atomic mass is 9.80. The van der Waals surface area contributed by atoms with Gasteiger partial charge in [-0.25, -0.2) is 4.79 Å². The van der Waals surface area contributed by atoms with E-state index in [9.17, 15) is 14.4 Å². The maximum Gasteiger partial charge on any atom is 0.332 e. The van der Waals surface area contributed by atoms with Gasteiger partial charge in [0, 0.05) is 11.4 Å². The standard InChI is InChI=1S/C29H37N3O4/c1-19(2)23-10-9-11-24(20(3)4)26(23)30-25(33)18-31-27(34)29(16-7-6-8-17-29)32(28(31)35)21-12-14-22(36-5)15-13-21/h9-15,19-20H,6-8,16-18H2,1-5H3,(H,30,33). The molecule has 2 aliphatic rings. The van der Waals surface area contributed by atoms with Crippen molar-refractivity contribution >= 4 is 29.2 Å². The van der Waals surface area contributed by atoms with Crippen LogP contribution < -0.4 is 15.0 Å². The Balaban J connectivity index is 1.64. The number of hydrogen-bond donors (Lipinski definition) is 1. The smallest absolute Gasteiger partial charge is 0.332 e. The number of hydrogen-bond acceptors (Lipinski definition) is 4. The van der Waals surface area contributed by atoms with E-state index in [0.29, 0.717) is 24.3 Å². The molecule has 4 rings (SSSR count). The molecule has 1 saturated heterocycles. The zero-order chi connectivity index (χ0) is 26.0. The minimum absolute atomic E-state index is 0.213. The number of anilines is 2. The Morgan fingerprint density at radius 1 is 0.944 bits per heavy atom. The molecule has 0 aromatic heterocycles. The van der Waals surface area contributed by atoms with Gasteiger partial charge in [-0.05, 0) is 60.1 Å². The third kappa shape index (κ3) is 4.59. The third-order valence-electron chi connectivity index (χ3n) is 7.44. The van der Waals surface area contributed by atoms with Gasteiger partial charge in [0.15, 0.2) is 0 Å². The number of nitrogens with zero attached hydrogens (tertiary/aromatic N) is 2. The van der Waals surface area contributed by atoms with Gasteiger partial charge in [0.25, 0.3) is 5.91 Å². The summed E-state index contributed by atoms with van der Waals surface area (Å²) >= 11 is 0. The van der Waals surface area contributed by atoms with E-state index in [0.717, 1.165) is 41.0 Å². The molecule has 192 valence electrons. The summed E-state index contributed by atoms with van der Waals surface area (Å²) in [6, 6.07) is 12.8. The van der Waals surface area contributed by atoms with Gasteiger partial charge in [0.1, 0.15) is 17.8 Å².